The molecule has 1 aromatic carbocycles. The highest BCUT2D eigenvalue weighted by Gasteiger charge is 2.46. The summed E-state index contributed by atoms with van der Waals surface area (Å²) in [6.45, 7) is 5.95. The zero-order valence-corrected chi connectivity index (χ0v) is 18.7. The maximum absolute atomic E-state index is 14.7. The number of nitrogens with zero attached hydrogens (tertiary/aromatic N) is 2. The number of nitriles is 1. The fraction of sp³-hybridized carbons (Fsp3) is 0.636. The van der Waals surface area contributed by atoms with Gasteiger partial charge in [0.05, 0.1) is 25.4 Å². The number of nitrogens with one attached hydrogen (secondary N) is 1. The number of ether oxygens (including phenoxy) is 4. The standard InChI is InChI=1S/C22H29F2N3O5/c1-21(2,3)32-20(28)26-16-5-6-17(30-14-8-10-29-12-14)19(15(16)11-25)31-18-7-9-27(4)13-22(18,23)24/h5-6,14,18H,7-10,12-13H2,1-4H3,(H,26,28)/t14-,18?/m0/s1. The Hall–Kier alpha value is -2.64. The molecule has 2 fully saturated rings. The zero-order valence-electron chi connectivity index (χ0n) is 18.7. The number of rotatable bonds is 5. The third kappa shape index (κ3) is 5.99. The van der Waals surface area contributed by atoms with Crippen molar-refractivity contribution in [1.82, 2.24) is 4.90 Å². The van der Waals surface area contributed by atoms with Gasteiger partial charge in [0.2, 0.25) is 0 Å². The summed E-state index contributed by atoms with van der Waals surface area (Å²) < 4.78 is 51.6. The number of anilines is 1. The molecule has 2 aliphatic rings. The number of likely N-dealkylation sites (tertiary alicyclic amines) is 1. The van der Waals surface area contributed by atoms with E-state index in [0.717, 1.165) is 0 Å². The quantitative estimate of drug-likeness (QED) is 0.725. The molecular formula is C22H29F2N3O5. The lowest BCUT2D eigenvalue weighted by Crippen LogP contribution is -2.52. The van der Waals surface area contributed by atoms with Crippen LogP contribution in [0.5, 0.6) is 11.5 Å². The van der Waals surface area contributed by atoms with E-state index in [9.17, 15) is 18.8 Å². The number of benzene rings is 1. The third-order valence-corrected chi connectivity index (χ3v) is 5.04. The Balaban J connectivity index is 1.94. The molecule has 0 saturated carbocycles. The SMILES string of the molecule is CN1CCC(Oc2c(O[C@H]3CCOC3)ccc(NC(=O)OC(C)(C)C)c2C#N)C(F)(F)C1. The molecule has 0 aromatic heterocycles. The van der Waals surface area contributed by atoms with Crippen LogP contribution in [0.15, 0.2) is 12.1 Å². The predicted octanol–water partition coefficient (Wildman–Crippen LogP) is 3.79. The van der Waals surface area contributed by atoms with Crippen molar-refractivity contribution in [2.75, 3.05) is 38.7 Å². The van der Waals surface area contributed by atoms with Gasteiger partial charge in [0.25, 0.3) is 5.92 Å². The van der Waals surface area contributed by atoms with Gasteiger partial charge in [0, 0.05) is 19.4 Å². The van der Waals surface area contributed by atoms with Gasteiger partial charge in [-0.1, -0.05) is 0 Å². The van der Waals surface area contributed by atoms with Gasteiger partial charge in [-0.2, -0.15) is 5.26 Å². The summed E-state index contributed by atoms with van der Waals surface area (Å²) in [4.78, 5) is 13.8. The highest BCUT2D eigenvalue weighted by atomic mass is 19.3. The minimum Gasteiger partial charge on any atom is -0.484 e. The van der Waals surface area contributed by atoms with Crippen molar-refractivity contribution in [2.24, 2.45) is 0 Å². The molecule has 0 bridgehead atoms. The lowest BCUT2D eigenvalue weighted by atomic mass is 10.0. The van der Waals surface area contributed by atoms with E-state index in [1.165, 1.54) is 17.0 Å². The molecule has 2 aliphatic heterocycles. The first-order valence-corrected chi connectivity index (χ1v) is 10.5. The molecule has 1 aromatic rings. The van der Waals surface area contributed by atoms with Gasteiger partial charge in [-0.3, -0.25) is 5.32 Å². The van der Waals surface area contributed by atoms with E-state index in [-0.39, 0.29) is 35.3 Å². The molecule has 32 heavy (non-hydrogen) atoms. The molecule has 2 heterocycles. The summed E-state index contributed by atoms with van der Waals surface area (Å²) in [5, 5.41) is 12.3. The zero-order chi connectivity index (χ0) is 23.5. The second kappa shape index (κ2) is 9.46. The lowest BCUT2D eigenvalue weighted by molar-refractivity contribution is -0.135. The maximum atomic E-state index is 14.7. The molecule has 0 spiro atoms. The molecular weight excluding hydrogens is 424 g/mol. The van der Waals surface area contributed by atoms with Crippen LogP contribution >= 0.6 is 0 Å². The minimum atomic E-state index is -3.12. The molecule has 3 rings (SSSR count). The van der Waals surface area contributed by atoms with E-state index in [1.807, 2.05) is 6.07 Å². The van der Waals surface area contributed by atoms with Crippen LogP contribution in [0.1, 0.15) is 39.2 Å². The molecule has 1 N–H and O–H groups in total. The Labute approximate surface area is 186 Å². The van der Waals surface area contributed by atoms with E-state index >= 15 is 0 Å². The molecule has 10 heteroatoms. The second-order valence-electron chi connectivity index (χ2n) is 9.05. The van der Waals surface area contributed by atoms with Gasteiger partial charge in [0.1, 0.15) is 23.3 Å². The fourth-order valence-electron chi connectivity index (χ4n) is 3.56. The van der Waals surface area contributed by atoms with Gasteiger partial charge >= 0.3 is 6.09 Å². The highest BCUT2D eigenvalue weighted by Crippen LogP contribution is 2.41. The van der Waals surface area contributed by atoms with Gasteiger partial charge in [-0.05, 0) is 40.0 Å². The number of carbonyl (C=O) groups excluding carboxylic acids is 1. The number of carbonyl (C=O) groups is 1. The highest BCUT2D eigenvalue weighted by molar-refractivity contribution is 5.88. The normalized spacial score (nSPS) is 23.3. The van der Waals surface area contributed by atoms with Gasteiger partial charge < -0.3 is 23.8 Å². The van der Waals surface area contributed by atoms with Crippen LogP contribution in [-0.4, -0.2) is 68.1 Å². The fourth-order valence-corrected chi connectivity index (χ4v) is 3.56. The molecule has 1 unspecified atom stereocenters. The van der Waals surface area contributed by atoms with Crippen molar-refractivity contribution in [3.63, 3.8) is 0 Å². The summed E-state index contributed by atoms with van der Waals surface area (Å²) in [7, 11) is 1.62. The van der Waals surface area contributed by atoms with Gasteiger partial charge in [0.15, 0.2) is 17.6 Å². The van der Waals surface area contributed by atoms with Crippen LogP contribution in [0, 0.1) is 11.3 Å². The van der Waals surface area contributed by atoms with Crippen molar-refractivity contribution in [3.8, 4) is 17.6 Å². The number of amides is 1. The Morgan fingerprint density at radius 2 is 2.06 bits per heavy atom. The Bertz CT molecular complexity index is 876. The molecule has 8 nitrogen and oxygen atoms in total. The van der Waals surface area contributed by atoms with Crippen LogP contribution < -0.4 is 14.8 Å². The molecule has 1 amide bonds. The summed E-state index contributed by atoms with van der Waals surface area (Å²) >= 11 is 0. The molecule has 0 aliphatic carbocycles. The number of hydrogen-bond acceptors (Lipinski definition) is 7. The van der Waals surface area contributed by atoms with Crippen LogP contribution in [0.2, 0.25) is 0 Å². The van der Waals surface area contributed by atoms with Crippen molar-refractivity contribution < 1.29 is 32.5 Å². The molecule has 2 saturated heterocycles. The summed E-state index contributed by atoms with van der Waals surface area (Å²) in [5.74, 6) is -3.09. The molecule has 176 valence electrons. The monoisotopic (exact) mass is 453 g/mol. The maximum Gasteiger partial charge on any atom is 0.412 e. The van der Waals surface area contributed by atoms with Gasteiger partial charge in [-0.25, -0.2) is 13.6 Å². The topological polar surface area (TPSA) is 93.1 Å². The molecule has 2 atom stereocenters. The minimum absolute atomic E-state index is 0.0735. The van der Waals surface area contributed by atoms with E-state index < -0.39 is 30.3 Å². The van der Waals surface area contributed by atoms with Gasteiger partial charge in [-0.15, -0.1) is 0 Å². The van der Waals surface area contributed by atoms with Crippen LogP contribution in [0.3, 0.4) is 0 Å². The third-order valence-electron chi connectivity index (χ3n) is 5.04. The average Bonchev–Trinajstić information content (AvgIpc) is 3.17. The first kappa shape index (κ1) is 24.0. The average molecular weight is 453 g/mol. The van der Waals surface area contributed by atoms with Crippen LogP contribution in [0.25, 0.3) is 0 Å². The predicted molar refractivity (Wildman–Crippen MR) is 112 cm³/mol. The summed E-state index contributed by atoms with van der Waals surface area (Å²) in [6.07, 6.45) is -1.80. The number of piperidine rings is 1. The van der Waals surface area contributed by atoms with E-state index in [1.54, 1.807) is 27.8 Å². The number of alkyl halides is 2. The first-order valence-electron chi connectivity index (χ1n) is 10.5. The number of hydrogen-bond donors (Lipinski definition) is 1. The Morgan fingerprint density at radius 1 is 1.31 bits per heavy atom. The lowest BCUT2D eigenvalue weighted by Gasteiger charge is -2.36. The Kier molecular flexibility index (Phi) is 7.10. The van der Waals surface area contributed by atoms with Crippen molar-refractivity contribution in [3.05, 3.63) is 17.7 Å². The van der Waals surface area contributed by atoms with Crippen LogP contribution in [0.4, 0.5) is 19.3 Å². The van der Waals surface area contributed by atoms with Crippen molar-refractivity contribution in [1.29, 1.82) is 5.26 Å². The smallest absolute Gasteiger partial charge is 0.412 e. The van der Waals surface area contributed by atoms with E-state index in [2.05, 4.69) is 5.32 Å². The van der Waals surface area contributed by atoms with E-state index in [0.29, 0.717) is 26.2 Å². The van der Waals surface area contributed by atoms with Crippen LogP contribution in [-0.2, 0) is 9.47 Å². The molecule has 0 radical (unpaired) electrons. The summed E-state index contributed by atoms with van der Waals surface area (Å²) in [6, 6.07) is 4.92. The number of halogens is 2. The summed E-state index contributed by atoms with van der Waals surface area (Å²) in [5.41, 5.74) is -0.775. The van der Waals surface area contributed by atoms with Crippen molar-refractivity contribution >= 4 is 11.8 Å². The largest absolute Gasteiger partial charge is 0.484 e. The van der Waals surface area contributed by atoms with E-state index in [4.69, 9.17) is 18.9 Å². The second-order valence-corrected chi connectivity index (χ2v) is 9.05. The van der Waals surface area contributed by atoms with Crippen molar-refractivity contribution in [2.45, 2.75) is 57.3 Å². The first-order chi connectivity index (χ1) is 15.0. The Morgan fingerprint density at radius 3 is 2.66 bits per heavy atom.